The molecule has 0 radical (unpaired) electrons. The van der Waals surface area contributed by atoms with Crippen LogP contribution in [0.3, 0.4) is 0 Å². The van der Waals surface area contributed by atoms with Crippen molar-refractivity contribution in [3.05, 3.63) is 66.0 Å². The van der Waals surface area contributed by atoms with Crippen molar-refractivity contribution in [1.29, 1.82) is 0 Å². The van der Waals surface area contributed by atoms with Gasteiger partial charge in [-0.3, -0.25) is 14.7 Å². The summed E-state index contributed by atoms with van der Waals surface area (Å²) in [7, 11) is 3.78. The summed E-state index contributed by atoms with van der Waals surface area (Å²) in [5.41, 5.74) is 1.84. The monoisotopic (exact) mass is 399 g/mol. The summed E-state index contributed by atoms with van der Waals surface area (Å²) in [6.45, 7) is 3.90. The number of carbonyl (C=O) groups is 1. The Bertz CT molecular complexity index is 780. The molecule has 0 saturated heterocycles. The second kappa shape index (κ2) is 11.8. The van der Waals surface area contributed by atoms with Gasteiger partial charge in [0.1, 0.15) is 5.82 Å². The molecule has 0 spiro atoms. The molecule has 0 aliphatic heterocycles. The topological polar surface area (TPSA) is 68.8 Å². The number of aliphatic imine (C=N–C) groups is 1. The van der Waals surface area contributed by atoms with Crippen molar-refractivity contribution in [1.82, 2.24) is 15.5 Å². The first-order valence-electron chi connectivity index (χ1n) is 9.72. The molecule has 6 nitrogen and oxygen atoms in total. The molecule has 7 heteroatoms. The van der Waals surface area contributed by atoms with Gasteiger partial charge < -0.3 is 16.0 Å². The zero-order valence-corrected chi connectivity index (χ0v) is 17.3. The molecule has 29 heavy (non-hydrogen) atoms. The van der Waals surface area contributed by atoms with Gasteiger partial charge in [-0.1, -0.05) is 30.3 Å². The lowest BCUT2D eigenvalue weighted by molar-refractivity contribution is -0.115. The Labute approximate surface area is 172 Å². The highest BCUT2D eigenvalue weighted by molar-refractivity contribution is 5.94. The van der Waals surface area contributed by atoms with Crippen LogP contribution in [-0.2, 0) is 11.3 Å². The molecule has 0 aromatic heterocycles. The average molecular weight is 400 g/mol. The van der Waals surface area contributed by atoms with Crippen LogP contribution in [0.1, 0.15) is 18.9 Å². The SMILES string of the molecule is CN=C(NCCC(C)N(C)Cc1ccccc1)NCC(=O)Nc1ccc(F)cc1. The van der Waals surface area contributed by atoms with E-state index in [9.17, 15) is 9.18 Å². The van der Waals surface area contributed by atoms with Crippen LogP contribution in [0.5, 0.6) is 0 Å². The number of nitrogens with zero attached hydrogens (tertiary/aromatic N) is 2. The minimum Gasteiger partial charge on any atom is -0.356 e. The number of anilines is 1. The van der Waals surface area contributed by atoms with Crippen LogP contribution in [0.4, 0.5) is 10.1 Å². The third kappa shape index (κ3) is 8.31. The van der Waals surface area contributed by atoms with Gasteiger partial charge in [0.25, 0.3) is 0 Å². The van der Waals surface area contributed by atoms with E-state index in [2.05, 4.69) is 64.1 Å². The van der Waals surface area contributed by atoms with Crippen LogP contribution in [-0.4, -0.2) is 50.0 Å². The lowest BCUT2D eigenvalue weighted by atomic mass is 10.1. The standard InChI is InChI=1S/C22H30FN5O/c1-17(28(3)16-18-7-5-4-6-8-18)13-14-25-22(24-2)26-15-21(29)27-20-11-9-19(23)10-12-20/h4-12,17H,13-16H2,1-3H3,(H,27,29)(H2,24,25,26). The van der Waals surface area contributed by atoms with Crippen LogP contribution in [0.25, 0.3) is 0 Å². The molecule has 1 amide bonds. The molecule has 0 aliphatic rings. The Kier molecular flexibility index (Phi) is 9.11. The minimum absolute atomic E-state index is 0.0700. The summed E-state index contributed by atoms with van der Waals surface area (Å²) >= 11 is 0. The van der Waals surface area contributed by atoms with Gasteiger partial charge in [-0.15, -0.1) is 0 Å². The minimum atomic E-state index is -0.339. The molecule has 0 heterocycles. The Balaban J connectivity index is 1.67. The van der Waals surface area contributed by atoms with Gasteiger partial charge >= 0.3 is 0 Å². The first kappa shape index (κ1) is 22.4. The number of benzene rings is 2. The smallest absolute Gasteiger partial charge is 0.243 e. The summed E-state index contributed by atoms with van der Waals surface area (Å²) in [6, 6.07) is 16.4. The van der Waals surface area contributed by atoms with E-state index in [1.165, 1.54) is 29.8 Å². The maximum absolute atomic E-state index is 12.9. The second-order valence-electron chi connectivity index (χ2n) is 6.95. The fourth-order valence-electron chi connectivity index (χ4n) is 2.77. The van der Waals surface area contributed by atoms with E-state index in [1.54, 1.807) is 7.05 Å². The number of guanidine groups is 1. The van der Waals surface area contributed by atoms with Gasteiger partial charge in [0.2, 0.25) is 5.91 Å². The summed E-state index contributed by atoms with van der Waals surface area (Å²) in [5.74, 6) is 0.00191. The number of nitrogens with one attached hydrogen (secondary N) is 3. The van der Waals surface area contributed by atoms with Gasteiger partial charge in [0.05, 0.1) is 6.54 Å². The molecule has 1 unspecified atom stereocenters. The lowest BCUT2D eigenvalue weighted by Gasteiger charge is -2.25. The summed E-state index contributed by atoms with van der Waals surface area (Å²) in [6.07, 6.45) is 0.936. The first-order chi connectivity index (χ1) is 14.0. The fraction of sp³-hybridized carbons (Fsp3) is 0.364. The normalized spacial score (nSPS) is 12.5. The zero-order valence-electron chi connectivity index (χ0n) is 17.3. The molecule has 0 fully saturated rings. The highest BCUT2D eigenvalue weighted by Crippen LogP contribution is 2.08. The third-order valence-electron chi connectivity index (χ3n) is 4.65. The number of halogens is 1. The summed E-state index contributed by atoms with van der Waals surface area (Å²) in [5, 5.41) is 8.91. The third-order valence-corrected chi connectivity index (χ3v) is 4.65. The van der Waals surface area contributed by atoms with Crippen molar-refractivity contribution in [3.8, 4) is 0 Å². The molecule has 2 rings (SSSR count). The van der Waals surface area contributed by atoms with E-state index in [4.69, 9.17) is 0 Å². The predicted molar refractivity (Wildman–Crippen MR) is 116 cm³/mol. The molecule has 2 aromatic carbocycles. The van der Waals surface area contributed by atoms with E-state index >= 15 is 0 Å². The number of hydrogen-bond acceptors (Lipinski definition) is 3. The van der Waals surface area contributed by atoms with E-state index in [-0.39, 0.29) is 18.3 Å². The van der Waals surface area contributed by atoms with Crippen LogP contribution < -0.4 is 16.0 Å². The van der Waals surface area contributed by atoms with E-state index < -0.39 is 0 Å². The summed E-state index contributed by atoms with van der Waals surface area (Å²) < 4.78 is 12.9. The molecular weight excluding hydrogens is 369 g/mol. The lowest BCUT2D eigenvalue weighted by Crippen LogP contribution is -2.43. The second-order valence-corrected chi connectivity index (χ2v) is 6.95. The van der Waals surface area contributed by atoms with Crippen molar-refractivity contribution in [2.75, 3.05) is 32.5 Å². The Morgan fingerprint density at radius 2 is 1.79 bits per heavy atom. The molecule has 0 bridgehead atoms. The number of carbonyl (C=O) groups excluding carboxylic acids is 1. The van der Waals surface area contributed by atoms with Gasteiger partial charge in [-0.2, -0.15) is 0 Å². The average Bonchev–Trinajstić information content (AvgIpc) is 2.72. The van der Waals surface area contributed by atoms with E-state index in [1.807, 2.05) is 6.07 Å². The Hall–Kier alpha value is -2.93. The molecule has 1 atom stereocenters. The quantitative estimate of drug-likeness (QED) is 0.448. The summed E-state index contributed by atoms with van der Waals surface area (Å²) in [4.78, 5) is 18.5. The first-order valence-corrected chi connectivity index (χ1v) is 9.72. The predicted octanol–water partition coefficient (Wildman–Crippen LogP) is 2.84. The van der Waals surface area contributed by atoms with Crippen molar-refractivity contribution in [2.24, 2.45) is 4.99 Å². The molecule has 0 aliphatic carbocycles. The van der Waals surface area contributed by atoms with Gasteiger partial charge in [0, 0.05) is 31.9 Å². The zero-order chi connectivity index (χ0) is 21.1. The van der Waals surface area contributed by atoms with Gasteiger partial charge in [0.15, 0.2) is 5.96 Å². The Morgan fingerprint density at radius 1 is 1.10 bits per heavy atom. The van der Waals surface area contributed by atoms with Crippen LogP contribution >= 0.6 is 0 Å². The van der Waals surface area contributed by atoms with Gasteiger partial charge in [-0.25, -0.2) is 4.39 Å². The maximum atomic E-state index is 12.9. The number of hydrogen-bond donors (Lipinski definition) is 3. The molecule has 156 valence electrons. The van der Waals surface area contributed by atoms with Gasteiger partial charge in [-0.05, 0) is 50.2 Å². The van der Waals surface area contributed by atoms with Crippen LogP contribution in [0.15, 0.2) is 59.6 Å². The number of amides is 1. The Morgan fingerprint density at radius 3 is 2.45 bits per heavy atom. The van der Waals surface area contributed by atoms with Crippen molar-refractivity contribution >= 4 is 17.6 Å². The highest BCUT2D eigenvalue weighted by Gasteiger charge is 2.10. The van der Waals surface area contributed by atoms with E-state index in [0.29, 0.717) is 17.7 Å². The van der Waals surface area contributed by atoms with Crippen molar-refractivity contribution in [2.45, 2.75) is 25.9 Å². The van der Waals surface area contributed by atoms with Crippen LogP contribution in [0.2, 0.25) is 0 Å². The molecule has 0 saturated carbocycles. The van der Waals surface area contributed by atoms with Crippen molar-refractivity contribution < 1.29 is 9.18 Å². The maximum Gasteiger partial charge on any atom is 0.243 e. The van der Waals surface area contributed by atoms with E-state index in [0.717, 1.165) is 19.5 Å². The largest absolute Gasteiger partial charge is 0.356 e. The fourth-order valence-corrected chi connectivity index (χ4v) is 2.77. The van der Waals surface area contributed by atoms with Crippen LogP contribution in [0, 0.1) is 5.82 Å². The molecule has 2 aromatic rings. The van der Waals surface area contributed by atoms with Crippen molar-refractivity contribution in [3.63, 3.8) is 0 Å². The number of rotatable bonds is 9. The molecule has 3 N–H and O–H groups in total. The molecular formula is C22H30FN5O. The highest BCUT2D eigenvalue weighted by atomic mass is 19.1.